The number of furan rings is 1. The Labute approximate surface area is 116 Å². The Morgan fingerprint density at radius 3 is 2.79 bits per heavy atom. The molecule has 0 bridgehead atoms. The number of nitrogens with one attached hydrogen (secondary N) is 1. The summed E-state index contributed by atoms with van der Waals surface area (Å²) in [7, 11) is 0. The maximum Gasteiger partial charge on any atom is 0.118 e. The number of piperazine rings is 1. The zero-order chi connectivity index (χ0) is 13.3. The summed E-state index contributed by atoms with van der Waals surface area (Å²) in [6.07, 6.45) is 6.67. The van der Waals surface area contributed by atoms with Gasteiger partial charge in [0.25, 0.3) is 0 Å². The smallest absolute Gasteiger partial charge is 0.118 e. The lowest BCUT2D eigenvalue weighted by molar-refractivity contribution is 0.0658. The van der Waals surface area contributed by atoms with Crippen molar-refractivity contribution < 1.29 is 4.42 Å². The van der Waals surface area contributed by atoms with Crippen molar-refractivity contribution in [2.75, 3.05) is 13.1 Å². The van der Waals surface area contributed by atoms with Gasteiger partial charge in [0.1, 0.15) is 11.5 Å². The lowest BCUT2D eigenvalue weighted by Crippen LogP contribution is -2.62. The van der Waals surface area contributed by atoms with Gasteiger partial charge >= 0.3 is 0 Å². The first kappa shape index (κ1) is 13.2. The summed E-state index contributed by atoms with van der Waals surface area (Å²) in [5.74, 6) is 2.14. The molecule has 19 heavy (non-hydrogen) atoms. The van der Waals surface area contributed by atoms with E-state index in [1.165, 1.54) is 38.6 Å². The maximum absolute atomic E-state index is 5.77. The van der Waals surface area contributed by atoms with Crippen molar-refractivity contribution in [3.05, 3.63) is 23.7 Å². The highest BCUT2D eigenvalue weighted by molar-refractivity contribution is 5.07. The van der Waals surface area contributed by atoms with E-state index in [9.17, 15) is 0 Å². The third-order valence-corrected chi connectivity index (χ3v) is 4.92. The first-order valence-electron chi connectivity index (χ1n) is 7.75. The Bertz CT molecular complexity index is 420. The van der Waals surface area contributed by atoms with Crippen LogP contribution in [-0.2, 0) is 6.54 Å². The Balaban J connectivity index is 1.71. The molecule has 1 saturated heterocycles. The molecule has 1 aliphatic carbocycles. The Hall–Kier alpha value is -0.800. The van der Waals surface area contributed by atoms with Crippen LogP contribution in [0.4, 0.5) is 0 Å². The molecule has 1 aromatic rings. The summed E-state index contributed by atoms with van der Waals surface area (Å²) in [6.45, 7) is 7.60. The molecule has 1 unspecified atom stereocenters. The predicted molar refractivity (Wildman–Crippen MR) is 77.1 cm³/mol. The summed E-state index contributed by atoms with van der Waals surface area (Å²) in [6, 6.07) is 4.85. The second-order valence-corrected chi connectivity index (χ2v) is 6.35. The topological polar surface area (TPSA) is 28.4 Å². The molecule has 1 N–H and O–H groups in total. The van der Waals surface area contributed by atoms with Gasteiger partial charge in [-0.25, -0.2) is 0 Å². The van der Waals surface area contributed by atoms with Crippen LogP contribution in [0.5, 0.6) is 0 Å². The van der Waals surface area contributed by atoms with Gasteiger partial charge in [0, 0.05) is 24.7 Å². The van der Waals surface area contributed by atoms with Crippen LogP contribution in [0.15, 0.2) is 16.5 Å². The molecule has 2 heterocycles. The van der Waals surface area contributed by atoms with E-state index < -0.39 is 0 Å². The van der Waals surface area contributed by atoms with E-state index >= 15 is 0 Å². The second-order valence-electron chi connectivity index (χ2n) is 6.35. The van der Waals surface area contributed by atoms with Crippen LogP contribution in [0.3, 0.4) is 0 Å². The first-order valence-corrected chi connectivity index (χ1v) is 7.75. The predicted octanol–water partition coefficient (Wildman–Crippen LogP) is 3.08. The van der Waals surface area contributed by atoms with Crippen molar-refractivity contribution in [2.45, 2.75) is 64.1 Å². The van der Waals surface area contributed by atoms with Crippen molar-refractivity contribution in [3.63, 3.8) is 0 Å². The normalized spacial score (nSPS) is 27.2. The van der Waals surface area contributed by atoms with Crippen molar-refractivity contribution in [2.24, 2.45) is 0 Å². The molecule has 106 valence electrons. The molecule has 3 rings (SSSR count). The first-order chi connectivity index (χ1) is 9.21. The van der Waals surface area contributed by atoms with Gasteiger partial charge in [-0.15, -0.1) is 0 Å². The highest BCUT2D eigenvalue weighted by Gasteiger charge is 2.40. The molecule has 3 nitrogen and oxygen atoms in total. The molecule has 1 aliphatic heterocycles. The van der Waals surface area contributed by atoms with Gasteiger partial charge in [-0.3, -0.25) is 4.90 Å². The van der Waals surface area contributed by atoms with Crippen molar-refractivity contribution in [3.8, 4) is 0 Å². The minimum atomic E-state index is 0.396. The van der Waals surface area contributed by atoms with E-state index in [1.54, 1.807) is 0 Å². The fourth-order valence-electron chi connectivity index (χ4n) is 3.78. The van der Waals surface area contributed by atoms with Gasteiger partial charge in [-0.2, -0.15) is 0 Å². The highest BCUT2D eigenvalue weighted by Crippen LogP contribution is 2.34. The number of nitrogens with zero attached hydrogens (tertiary/aromatic N) is 1. The quantitative estimate of drug-likeness (QED) is 0.907. The Morgan fingerprint density at radius 2 is 2.16 bits per heavy atom. The number of hydrogen-bond donors (Lipinski definition) is 1. The second kappa shape index (κ2) is 5.29. The molecule has 2 aliphatic rings. The van der Waals surface area contributed by atoms with Crippen LogP contribution in [0.25, 0.3) is 0 Å². The third-order valence-electron chi connectivity index (χ3n) is 4.92. The fraction of sp³-hybridized carbons (Fsp3) is 0.750. The van der Waals surface area contributed by atoms with Gasteiger partial charge in [-0.1, -0.05) is 19.8 Å². The summed E-state index contributed by atoms with van der Waals surface area (Å²) in [5, 5.41) is 3.84. The van der Waals surface area contributed by atoms with Gasteiger partial charge < -0.3 is 9.73 Å². The molecule has 1 aromatic heterocycles. The van der Waals surface area contributed by atoms with Crippen LogP contribution in [0, 0.1) is 6.92 Å². The fourth-order valence-corrected chi connectivity index (χ4v) is 3.78. The lowest BCUT2D eigenvalue weighted by atomic mass is 9.91. The van der Waals surface area contributed by atoms with E-state index in [2.05, 4.69) is 29.3 Å². The van der Waals surface area contributed by atoms with Crippen LogP contribution in [0.2, 0.25) is 0 Å². The number of rotatable bonds is 3. The van der Waals surface area contributed by atoms with Crippen LogP contribution in [0.1, 0.15) is 50.5 Å². The van der Waals surface area contributed by atoms with Gasteiger partial charge in [0.15, 0.2) is 0 Å². The molecule has 1 saturated carbocycles. The Morgan fingerprint density at radius 1 is 1.37 bits per heavy atom. The molecular formula is C16H26N2O. The molecule has 0 amide bonds. The van der Waals surface area contributed by atoms with Crippen molar-refractivity contribution >= 4 is 0 Å². The zero-order valence-electron chi connectivity index (χ0n) is 12.2. The van der Waals surface area contributed by atoms with E-state index in [1.807, 2.05) is 6.92 Å². The molecule has 3 heteroatoms. The average molecular weight is 262 g/mol. The largest absolute Gasteiger partial charge is 0.465 e. The van der Waals surface area contributed by atoms with Gasteiger partial charge in [0.2, 0.25) is 0 Å². The molecule has 0 radical (unpaired) electrons. The lowest BCUT2D eigenvalue weighted by Gasteiger charge is -2.46. The standard InChI is InChI=1S/C16H26N2O/c1-3-14-10-17-16(8-4-5-9-16)12-18(14)11-15-7-6-13(2)19-15/h6-7,14,17H,3-5,8-12H2,1-2H3. The van der Waals surface area contributed by atoms with Crippen LogP contribution >= 0.6 is 0 Å². The number of hydrogen-bond acceptors (Lipinski definition) is 3. The molecule has 1 spiro atoms. The van der Waals surface area contributed by atoms with E-state index in [0.29, 0.717) is 11.6 Å². The minimum absolute atomic E-state index is 0.396. The van der Waals surface area contributed by atoms with E-state index in [0.717, 1.165) is 24.6 Å². The average Bonchev–Trinajstić information content (AvgIpc) is 3.00. The monoisotopic (exact) mass is 262 g/mol. The van der Waals surface area contributed by atoms with Crippen molar-refractivity contribution in [1.82, 2.24) is 10.2 Å². The third kappa shape index (κ3) is 2.72. The minimum Gasteiger partial charge on any atom is -0.465 e. The molecular weight excluding hydrogens is 236 g/mol. The van der Waals surface area contributed by atoms with Crippen LogP contribution < -0.4 is 5.32 Å². The molecule has 2 fully saturated rings. The highest BCUT2D eigenvalue weighted by atomic mass is 16.3. The summed E-state index contributed by atoms with van der Waals surface area (Å²) in [4.78, 5) is 2.64. The Kier molecular flexibility index (Phi) is 3.68. The SMILES string of the molecule is CCC1CNC2(CCCC2)CN1Cc1ccc(C)o1. The summed E-state index contributed by atoms with van der Waals surface area (Å²) in [5.41, 5.74) is 0.396. The molecule has 0 aromatic carbocycles. The van der Waals surface area contributed by atoms with Gasteiger partial charge in [0.05, 0.1) is 6.54 Å². The van der Waals surface area contributed by atoms with E-state index in [-0.39, 0.29) is 0 Å². The van der Waals surface area contributed by atoms with Crippen molar-refractivity contribution in [1.29, 1.82) is 0 Å². The van der Waals surface area contributed by atoms with Crippen LogP contribution in [-0.4, -0.2) is 29.6 Å². The zero-order valence-corrected chi connectivity index (χ0v) is 12.2. The summed E-state index contributed by atoms with van der Waals surface area (Å²) >= 11 is 0. The molecule has 1 atom stereocenters. The summed E-state index contributed by atoms with van der Waals surface area (Å²) < 4.78 is 5.77. The van der Waals surface area contributed by atoms with E-state index in [4.69, 9.17) is 4.42 Å². The van der Waals surface area contributed by atoms with Gasteiger partial charge in [-0.05, 0) is 38.3 Å². The maximum atomic E-state index is 5.77. The number of aryl methyl sites for hydroxylation is 1.